The number of hydrogen-bond donors (Lipinski definition) is 0. The monoisotopic (exact) mass is 455 g/mol. The van der Waals surface area contributed by atoms with Crippen molar-refractivity contribution in [3.8, 4) is 11.1 Å². The summed E-state index contributed by atoms with van der Waals surface area (Å²) in [4.78, 5) is 28.5. The molecular weight excluding hydrogens is 426 g/mol. The highest BCUT2D eigenvalue weighted by molar-refractivity contribution is 7.86. The molecule has 2 amide bonds. The van der Waals surface area contributed by atoms with Crippen LogP contribution in [0.5, 0.6) is 0 Å². The highest BCUT2D eigenvalue weighted by atomic mass is 32.2. The Labute approximate surface area is 191 Å². The molecule has 1 unspecified atom stereocenters. The second-order valence-electron chi connectivity index (χ2n) is 8.51. The fourth-order valence-corrected chi connectivity index (χ4v) is 5.62. The molecule has 2 aromatic rings. The van der Waals surface area contributed by atoms with Crippen molar-refractivity contribution >= 4 is 40.0 Å². The lowest BCUT2D eigenvalue weighted by Crippen LogP contribution is -2.51. The summed E-state index contributed by atoms with van der Waals surface area (Å²) in [5, 5.41) is 0. The lowest BCUT2D eigenvalue weighted by Gasteiger charge is -2.40. The van der Waals surface area contributed by atoms with E-state index in [0.29, 0.717) is 23.7 Å². The summed E-state index contributed by atoms with van der Waals surface area (Å²) < 4.78 is 19.5. The predicted octanol–water partition coefficient (Wildman–Crippen LogP) is 4.33. The molecule has 8 heteroatoms. The first kappa shape index (κ1) is 22.3. The molecule has 0 aromatic heterocycles. The maximum absolute atomic E-state index is 12.8. The number of anilines is 3. The van der Waals surface area contributed by atoms with E-state index in [2.05, 4.69) is 0 Å². The van der Waals surface area contributed by atoms with Gasteiger partial charge in [-0.25, -0.2) is 9.00 Å². The number of ether oxygens (including phenoxy) is 1. The molecule has 2 aliphatic heterocycles. The maximum atomic E-state index is 12.8. The van der Waals surface area contributed by atoms with Crippen molar-refractivity contribution in [3.63, 3.8) is 0 Å². The molecule has 1 saturated heterocycles. The quantitative estimate of drug-likeness (QED) is 0.691. The molecule has 0 aliphatic carbocycles. The fourth-order valence-electron chi connectivity index (χ4n) is 4.33. The summed E-state index contributed by atoms with van der Waals surface area (Å²) in [7, 11) is -0.954. The van der Waals surface area contributed by atoms with Crippen molar-refractivity contribution in [1.29, 1.82) is 0 Å². The Morgan fingerprint density at radius 2 is 1.75 bits per heavy atom. The first-order chi connectivity index (χ1) is 15.3. The average Bonchev–Trinajstić information content (AvgIpc) is 3.18. The van der Waals surface area contributed by atoms with Crippen LogP contribution in [0.4, 0.5) is 21.9 Å². The number of amides is 2. The van der Waals surface area contributed by atoms with Gasteiger partial charge in [-0.1, -0.05) is 18.2 Å². The SMILES string of the molecule is CC(=O)N1c2ccc(-c3ccc(N4CCCS4=O)cc3)cc2N(C(=O)OC(C)C)C[C@@H]1C. The molecule has 0 spiro atoms. The Bertz CT molecular complexity index is 1050. The Balaban J connectivity index is 1.71. The zero-order chi connectivity index (χ0) is 23.0. The van der Waals surface area contributed by atoms with Crippen molar-refractivity contribution in [1.82, 2.24) is 0 Å². The molecule has 4 rings (SSSR count). The highest BCUT2D eigenvalue weighted by Gasteiger charge is 2.34. The van der Waals surface area contributed by atoms with Gasteiger partial charge in [0.1, 0.15) is 11.0 Å². The van der Waals surface area contributed by atoms with Crippen LogP contribution in [0.25, 0.3) is 11.1 Å². The first-order valence-corrected chi connectivity index (χ1v) is 12.2. The minimum Gasteiger partial charge on any atom is -0.446 e. The molecular formula is C24H29N3O4S. The van der Waals surface area contributed by atoms with E-state index in [-0.39, 0.29) is 18.1 Å². The summed E-state index contributed by atoms with van der Waals surface area (Å²) in [5.41, 5.74) is 4.21. The number of benzene rings is 2. The van der Waals surface area contributed by atoms with Crippen molar-refractivity contribution in [3.05, 3.63) is 42.5 Å². The van der Waals surface area contributed by atoms with Crippen molar-refractivity contribution in [2.75, 3.05) is 32.9 Å². The van der Waals surface area contributed by atoms with Gasteiger partial charge in [0.25, 0.3) is 0 Å². The second-order valence-corrected chi connectivity index (χ2v) is 10.0. The third-order valence-electron chi connectivity index (χ3n) is 5.72. The maximum Gasteiger partial charge on any atom is 0.414 e. The summed E-state index contributed by atoms with van der Waals surface area (Å²) in [6, 6.07) is 13.6. The van der Waals surface area contributed by atoms with Crippen LogP contribution >= 0.6 is 0 Å². The summed E-state index contributed by atoms with van der Waals surface area (Å²) in [6.07, 6.45) is 0.284. The minimum atomic E-state index is -0.954. The van der Waals surface area contributed by atoms with Crippen LogP contribution < -0.4 is 14.1 Å². The van der Waals surface area contributed by atoms with Crippen molar-refractivity contribution in [2.45, 2.75) is 46.3 Å². The Kier molecular flexibility index (Phi) is 6.24. The third-order valence-corrected chi connectivity index (χ3v) is 7.25. The van der Waals surface area contributed by atoms with Crippen LogP contribution in [0, 0.1) is 0 Å². The van der Waals surface area contributed by atoms with Gasteiger partial charge in [0, 0.05) is 31.5 Å². The van der Waals surface area contributed by atoms with Crippen LogP contribution in [-0.4, -0.2) is 47.2 Å². The van der Waals surface area contributed by atoms with Gasteiger partial charge in [-0.2, -0.15) is 0 Å². The van der Waals surface area contributed by atoms with Crippen molar-refractivity contribution < 1.29 is 18.5 Å². The minimum absolute atomic E-state index is 0.0636. The second kappa shape index (κ2) is 8.94. The molecule has 2 atom stereocenters. The van der Waals surface area contributed by atoms with E-state index in [9.17, 15) is 13.8 Å². The van der Waals surface area contributed by atoms with Crippen LogP contribution in [0.15, 0.2) is 42.5 Å². The molecule has 0 saturated carbocycles. The van der Waals surface area contributed by atoms with Gasteiger partial charge in [0.05, 0.1) is 23.5 Å². The summed E-state index contributed by atoms with van der Waals surface area (Å²) in [6.45, 7) is 8.27. The van der Waals surface area contributed by atoms with Gasteiger partial charge in [-0.05, 0) is 62.6 Å². The zero-order valence-corrected chi connectivity index (χ0v) is 19.7. The number of carbonyl (C=O) groups is 2. The Morgan fingerprint density at radius 3 is 2.34 bits per heavy atom. The number of hydrogen-bond acceptors (Lipinski definition) is 4. The normalized spacial score (nSPS) is 20.5. The molecule has 7 nitrogen and oxygen atoms in total. The lowest BCUT2D eigenvalue weighted by molar-refractivity contribution is -0.117. The first-order valence-electron chi connectivity index (χ1n) is 10.9. The van der Waals surface area contributed by atoms with E-state index < -0.39 is 17.1 Å². The molecule has 170 valence electrons. The Hall–Kier alpha value is -2.87. The molecule has 32 heavy (non-hydrogen) atoms. The molecule has 0 radical (unpaired) electrons. The van der Waals surface area contributed by atoms with Gasteiger partial charge < -0.3 is 9.64 Å². The van der Waals surface area contributed by atoms with Gasteiger partial charge >= 0.3 is 6.09 Å². The average molecular weight is 456 g/mol. The van der Waals surface area contributed by atoms with E-state index in [1.807, 2.05) is 67.5 Å². The smallest absolute Gasteiger partial charge is 0.414 e. The number of carbonyl (C=O) groups excluding carboxylic acids is 2. The topological polar surface area (TPSA) is 70.2 Å². The van der Waals surface area contributed by atoms with Crippen LogP contribution in [-0.2, 0) is 20.5 Å². The van der Waals surface area contributed by atoms with Crippen LogP contribution in [0.2, 0.25) is 0 Å². The van der Waals surface area contributed by atoms with Gasteiger partial charge in [0.15, 0.2) is 0 Å². The number of nitrogens with zero attached hydrogens (tertiary/aromatic N) is 3. The largest absolute Gasteiger partial charge is 0.446 e. The predicted molar refractivity (Wildman–Crippen MR) is 128 cm³/mol. The molecule has 1 fully saturated rings. The third kappa shape index (κ3) is 4.24. The molecule has 0 N–H and O–H groups in total. The van der Waals surface area contributed by atoms with E-state index in [0.717, 1.165) is 29.8 Å². The molecule has 2 aromatic carbocycles. The highest BCUT2D eigenvalue weighted by Crippen LogP contribution is 2.39. The molecule has 2 heterocycles. The Morgan fingerprint density at radius 1 is 1.06 bits per heavy atom. The van der Waals surface area contributed by atoms with Crippen LogP contribution in [0.1, 0.15) is 34.1 Å². The van der Waals surface area contributed by atoms with Crippen molar-refractivity contribution in [2.24, 2.45) is 0 Å². The van der Waals surface area contributed by atoms with Crippen LogP contribution in [0.3, 0.4) is 0 Å². The van der Waals surface area contributed by atoms with E-state index in [1.165, 1.54) is 6.92 Å². The fraction of sp³-hybridized carbons (Fsp3) is 0.417. The van der Waals surface area contributed by atoms with E-state index in [1.54, 1.807) is 9.80 Å². The van der Waals surface area contributed by atoms with Gasteiger partial charge in [-0.3, -0.25) is 14.0 Å². The van der Waals surface area contributed by atoms with Gasteiger partial charge in [-0.15, -0.1) is 0 Å². The lowest BCUT2D eigenvalue weighted by atomic mass is 10.0. The van der Waals surface area contributed by atoms with E-state index >= 15 is 0 Å². The summed E-state index contributed by atoms with van der Waals surface area (Å²) >= 11 is 0. The van der Waals surface area contributed by atoms with E-state index in [4.69, 9.17) is 4.74 Å². The van der Waals surface area contributed by atoms with Gasteiger partial charge in [0.2, 0.25) is 5.91 Å². The number of fused-ring (bicyclic) bond motifs is 1. The zero-order valence-electron chi connectivity index (χ0n) is 18.9. The molecule has 0 bridgehead atoms. The summed E-state index contributed by atoms with van der Waals surface area (Å²) in [5.74, 6) is 0.645. The standard InChI is InChI=1S/C24H29N3O4S/c1-16(2)31-24(29)25-15-17(3)27(18(4)28)22-11-8-20(14-23(22)25)19-6-9-21(10-7-19)26-12-5-13-32(26)30/h6-11,14,16-17H,5,12-13,15H2,1-4H3/t17-,32?/m0/s1. The molecule has 2 aliphatic rings. The number of rotatable bonds is 3.